The van der Waals surface area contributed by atoms with E-state index >= 15 is 0 Å². The first-order valence-corrected chi connectivity index (χ1v) is 6.80. The molecule has 0 aromatic rings. The van der Waals surface area contributed by atoms with Crippen molar-refractivity contribution >= 4 is 5.97 Å². The lowest BCUT2D eigenvalue weighted by molar-refractivity contribution is -0.441. The Labute approximate surface area is 114 Å². The zero-order valence-corrected chi connectivity index (χ0v) is 12.1. The summed E-state index contributed by atoms with van der Waals surface area (Å²) in [4.78, 5) is 22.2. The van der Waals surface area contributed by atoms with Crippen molar-refractivity contribution < 1.29 is 24.0 Å². The second-order valence-electron chi connectivity index (χ2n) is 4.74. The summed E-state index contributed by atoms with van der Waals surface area (Å²) in [6.45, 7) is 7.42. The van der Waals surface area contributed by atoms with Crippen LogP contribution in [-0.2, 0) is 24.0 Å². The number of methoxy groups -OCH3 is 1. The minimum atomic E-state index is -0.693. The van der Waals surface area contributed by atoms with E-state index in [2.05, 4.69) is 6.58 Å². The molecule has 0 radical (unpaired) electrons. The molecule has 1 aliphatic rings. The van der Waals surface area contributed by atoms with Crippen LogP contribution in [0.5, 0.6) is 0 Å². The molecule has 0 aliphatic heterocycles. The third kappa shape index (κ3) is 4.60. The summed E-state index contributed by atoms with van der Waals surface area (Å²) in [6, 6.07) is 0. The molecule has 0 spiro atoms. The van der Waals surface area contributed by atoms with Gasteiger partial charge in [-0.15, -0.1) is 0 Å². The molecule has 0 saturated heterocycles. The van der Waals surface area contributed by atoms with Crippen molar-refractivity contribution in [1.29, 1.82) is 0 Å². The Balaban J connectivity index is 2.45. The molecule has 0 N–H and O–H groups in total. The van der Waals surface area contributed by atoms with Crippen LogP contribution >= 0.6 is 0 Å². The maximum Gasteiger partial charge on any atom is 0.336 e. The number of hydrogen-bond acceptors (Lipinski definition) is 5. The lowest BCUT2D eigenvalue weighted by Crippen LogP contribution is -2.38. The molecule has 0 aromatic heterocycles. The van der Waals surface area contributed by atoms with E-state index in [9.17, 15) is 4.79 Å². The monoisotopic (exact) mass is 272 g/mol. The molecule has 1 aliphatic carbocycles. The van der Waals surface area contributed by atoms with Gasteiger partial charge in [-0.05, 0) is 26.7 Å². The van der Waals surface area contributed by atoms with E-state index in [1.54, 1.807) is 21.0 Å². The van der Waals surface area contributed by atoms with E-state index in [0.717, 1.165) is 25.7 Å². The van der Waals surface area contributed by atoms with Crippen LogP contribution in [0.4, 0.5) is 0 Å². The zero-order valence-electron chi connectivity index (χ0n) is 12.1. The van der Waals surface area contributed by atoms with Crippen LogP contribution in [0.3, 0.4) is 0 Å². The summed E-state index contributed by atoms with van der Waals surface area (Å²) >= 11 is 0. The second-order valence-corrected chi connectivity index (χ2v) is 4.74. The SMILES string of the molecule is C=C(C(=O)OCC)C(C)OOC1(OC)CCCCC1. The molecule has 5 nitrogen and oxygen atoms in total. The standard InChI is InChI=1S/C14H24O5/c1-5-17-13(15)11(2)12(3)18-19-14(16-4)9-7-6-8-10-14/h12H,2,5-10H2,1,3-4H3. The van der Waals surface area contributed by atoms with Gasteiger partial charge in [-0.3, -0.25) is 0 Å². The van der Waals surface area contributed by atoms with Gasteiger partial charge in [-0.1, -0.05) is 13.0 Å². The van der Waals surface area contributed by atoms with Gasteiger partial charge in [0.1, 0.15) is 6.10 Å². The largest absolute Gasteiger partial charge is 0.463 e. The number of hydrogen-bond donors (Lipinski definition) is 0. The van der Waals surface area contributed by atoms with Gasteiger partial charge in [0.2, 0.25) is 5.79 Å². The summed E-state index contributed by atoms with van der Waals surface area (Å²) < 4.78 is 10.3. The highest BCUT2D eigenvalue weighted by Crippen LogP contribution is 2.32. The van der Waals surface area contributed by atoms with Crippen LogP contribution in [-0.4, -0.2) is 31.6 Å². The minimum Gasteiger partial charge on any atom is -0.463 e. The second kappa shape index (κ2) is 7.62. The van der Waals surface area contributed by atoms with Crippen LogP contribution in [0.1, 0.15) is 46.0 Å². The minimum absolute atomic E-state index is 0.240. The Morgan fingerprint density at radius 1 is 1.32 bits per heavy atom. The van der Waals surface area contributed by atoms with Gasteiger partial charge in [0.15, 0.2) is 0 Å². The molecule has 110 valence electrons. The summed E-state index contributed by atoms with van der Waals surface area (Å²) in [5.74, 6) is -1.16. The maximum atomic E-state index is 11.5. The van der Waals surface area contributed by atoms with Gasteiger partial charge in [0.25, 0.3) is 0 Å². The van der Waals surface area contributed by atoms with E-state index in [-0.39, 0.29) is 5.57 Å². The fourth-order valence-corrected chi connectivity index (χ4v) is 2.02. The summed E-state index contributed by atoms with van der Waals surface area (Å²) in [6.07, 6.45) is 4.30. The lowest BCUT2D eigenvalue weighted by atomic mass is 9.94. The van der Waals surface area contributed by atoms with Crippen LogP contribution in [0, 0.1) is 0 Å². The van der Waals surface area contributed by atoms with Gasteiger partial charge < -0.3 is 9.47 Å². The first-order chi connectivity index (χ1) is 9.04. The highest BCUT2D eigenvalue weighted by atomic mass is 17.2. The number of carbonyl (C=O) groups excluding carboxylic acids is 1. The Kier molecular flexibility index (Phi) is 6.48. The predicted molar refractivity (Wildman–Crippen MR) is 70.2 cm³/mol. The predicted octanol–water partition coefficient (Wildman–Crippen LogP) is 2.75. The maximum absolute atomic E-state index is 11.5. The molecule has 1 saturated carbocycles. The van der Waals surface area contributed by atoms with E-state index < -0.39 is 17.9 Å². The normalized spacial score (nSPS) is 19.7. The fourth-order valence-electron chi connectivity index (χ4n) is 2.02. The molecule has 0 amide bonds. The van der Waals surface area contributed by atoms with E-state index in [0.29, 0.717) is 6.61 Å². The number of esters is 1. The molecular formula is C14H24O5. The number of rotatable bonds is 7. The first kappa shape index (κ1) is 16.1. The lowest BCUT2D eigenvalue weighted by Gasteiger charge is -2.34. The van der Waals surface area contributed by atoms with E-state index in [1.807, 2.05) is 0 Å². The molecule has 1 unspecified atom stereocenters. The number of carbonyl (C=O) groups is 1. The van der Waals surface area contributed by atoms with Crippen molar-refractivity contribution in [2.24, 2.45) is 0 Å². The van der Waals surface area contributed by atoms with Crippen LogP contribution < -0.4 is 0 Å². The smallest absolute Gasteiger partial charge is 0.336 e. The van der Waals surface area contributed by atoms with Crippen molar-refractivity contribution in [3.8, 4) is 0 Å². The Bertz CT molecular complexity index is 307. The zero-order chi connectivity index (χ0) is 14.3. The summed E-state index contributed by atoms with van der Waals surface area (Å²) in [7, 11) is 1.61. The van der Waals surface area contributed by atoms with E-state index in [1.165, 1.54) is 6.42 Å². The Morgan fingerprint density at radius 3 is 2.47 bits per heavy atom. The van der Waals surface area contributed by atoms with Crippen molar-refractivity contribution in [3.63, 3.8) is 0 Å². The highest BCUT2D eigenvalue weighted by molar-refractivity contribution is 5.88. The van der Waals surface area contributed by atoms with Gasteiger partial charge in [-0.25, -0.2) is 14.6 Å². The molecule has 0 heterocycles. The molecule has 1 atom stereocenters. The Morgan fingerprint density at radius 2 is 1.95 bits per heavy atom. The van der Waals surface area contributed by atoms with Crippen LogP contribution in [0.25, 0.3) is 0 Å². The molecule has 0 bridgehead atoms. The van der Waals surface area contributed by atoms with Gasteiger partial charge >= 0.3 is 5.97 Å². The van der Waals surface area contributed by atoms with Crippen molar-refractivity contribution in [3.05, 3.63) is 12.2 Å². The molecule has 5 heteroatoms. The Hall–Kier alpha value is -0.910. The summed E-state index contributed by atoms with van der Waals surface area (Å²) in [5.41, 5.74) is 0.240. The van der Waals surface area contributed by atoms with Crippen molar-refractivity contribution in [2.45, 2.75) is 57.8 Å². The quantitative estimate of drug-likeness (QED) is 0.234. The number of ether oxygens (including phenoxy) is 2. The molecule has 1 rings (SSSR count). The third-order valence-corrected chi connectivity index (χ3v) is 3.36. The average Bonchev–Trinajstić information content (AvgIpc) is 2.45. The topological polar surface area (TPSA) is 54.0 Å². The van der Waals surface area contributed by atoms with Crippen molar-refractivity contribution in [1.82, 2.24) is 0 Å². The van der Waals surface area contributed by atoms with Gasteiger partial charge in [0, 0.05) is 20.0 Å². The average molecular weight is 272 g/mol. The van der Waals surface area contributed by atoms with Gasteiger partial charge in [0.05, 0.1) is 12.2 Å². The molecular weight excluding hydrogens is 248 g/mol. The first-order valence-electron chi connectivity index (χ1n) is 6.80. The van der Waals surface area contributed by atoms with Crippen LogP contribution in [0.2, 0.25) is 0 Å². The van der Waals surface area contributed by atoms with Crippen LogP contribution in [0.15, 0.2) is 12.2 Å². The summed E-state index contributed by atoms with van der Waals surface area (Å²) in [5, 5.41) is 0. The molecule has 19 heavy (non-hydrogen) atoms. The molecule has 1 fully saturated rings. The van der Waals surface area contributed by atoms with E-state index in [4.69, 9.17) is 19.2 Å². The highest BCUT2D eigenvalue weighted by Gasteiger charge is 2.35. The van der Waals surface area contributed by atoms with Crippen molar-refractivity contribution in [2.75, 3.05) is 13.7 Å². The third-order valence-electron chi connectivity index (χ3n) is 3.36. The van der Waals surface area contributed by atoms with Gasteiger partial charge in [-0.2, -0.15) is 0 Å². The molecule has 0 aromatic carbocycles. The fraction of sp³-hybridized carbons (Fsp3) is 0.786.